The molecule has 3 amide bonds. The highest BCUT2D eigenvalue weighted by Crippen LogP contribution is 2.27. The van der Waals surface area contributed by atoms with Gasteiger partial charge in [0.15, 0.2) is 0 Å². The number of β-amino-alcohol motifs (C(OH)–C–C–N with tert-alkyl or cyclic N) is 1. The number of hydrogen-bond acceptors (Lipinski definition) is 5. The lowest BCUT2D eigenvalue weighted by Gasteiger charge is -2.48. The first-order valence-electron chi connectivity index (χ1n) is 7.35. The summed E-state index contributed by atoms with van der Waals surface area (Å²) in [6.45, 7) is 5.37. The maximum Gasteiger partial charge on any atom is 0.246 e. The fraction of sp³-hybridized carbons (Fsp3) is 0.786. The zero-order chi connectivity index (χ0) is 15.6. The second kappa shape index (κ2) is 6.11. The third-order valence-corrected chi connectivity index (χ3v) is 4.22. The molecule has 2 rings (SSSR count). The fourth-order valence-corrected chi connectivity index (χ4v) is 2.69. The van der Waals surface area contributed by atoms with E-state index in [0.29, 0.717) is 26.1 Å². The predicted octanol–water partition coefficient (Wildman–Crippen LogP) is -1.05. The Balaban J connectivity index is 1.68. The van der Waals surface area contributed by atoms with Crippen LogP contribution in [0.4, 0.5) is 0 Å². The molecule has 0 aromatic heterocycles. The van der Waals surface area contributed by atoms with Gasteiger partial charge in [-0.15, -0.1) is 0 Å². The highest BCUT2D eigenvalue weighted by Gasteiger charge is 2.44. The first kappa shape index (κ1) is 15.9. The molecule has 2 fully saturated rings. The van der Waals surface area contributed by atoms with E-state index < -0.39 is 17.4 Å². The maximum absolute atomic E-state index is 11.7. The smallest absolute Gasteiger partial charge is 0.246 e. The molecule has 0 radical (unpaired) electrons. The first-order chi connectivity index (χ1) is 9.80. The van der Waals surface area contributed by atoms with Gasteiger partial charge in [0, 0.05) is 26.1 Å². The molecule has 7 heteroatoms. The third-order valence-electron chi connectivity index (χ3n) is 4.22. The molecule has 0 aromatic carbocycles. The van der Waals surface area contributed by atoms with Gasteiger partial charge in [0.25, 0.3) is 0 Å². The van der Waals surface area contributed by atoms with Gasteiger partial charge in [-0.1, -0.05) is 13.8 Å². The van der Waals surface area contributed by atoms with Gasteiger partial charge in [-0.25, -0.2) is 0 Å². The van der Waals surface area contributed by atoms with Crippen LogP contribution in [0.3, 0.4) is 0 Å². The molecule has 0 spiro atoms. The summed E-state index contributed by atoms with van der Waals surface area (Å²) in [6, 6.07) is 0. The fourth-order valence-electron chi connectivity index (χ4n) is 2.69. The highest BCUT2D eigenvalue weighted by atomic mass is 16.3. The Bertz CT molecular complexity index is 444. The molecule has 0 aliphatic carbocycles. The average molecular weight is 297 g/mol. The van der Waals surface area contributed by atoms with Crippen molar-refractivity contribution in [3.05, 3.63) is 0 Å². The van der Waals surface area contributed by atoms with Crippen molar-refractivity contribution in [2.45, 2.75) is 32.3 Å². The standard InChI is InChI=1S/C14H23N3O4/c1-10(2)14(21)8-16(9-14)6-11(18)15-12(19)7-17-5-3-4-13(17)20/h10,21H,3-9H2,1-2H3,(H,15,18,19). The summed E-state index contributed by atoms with van der Waals surface area (Å²) in [7, 11) is 0. The summed E-state index contributed by atoms with van der Waals surface area (Å²) in [5, 5.41) is 12.4. The number of nitrogens with zero attached hydrogens (tertiary/aromatic N) is 2. The lowest BCUT2D eigenvalue weighted by molar-refractivity contribution is -0.145. The van der Waals surface area contributed by atoms with Gasteiger partial charge in [-0.05, 0) is 12.3 Å². The Morgan fingerprint density at radius 3 is 2.43 bits per heavy atom. The number of rotatable bonds is 5. The maximum atomic E-state index is 11.7. The summed E-state index contributed by atoms with van der Waals surface area (Å²) in [5.41, 5.74) is -0.730. The molecule has 0 aromatic rings. The quantitative estimate of drug-likeness (QED) is 0.676. The van der Waals surface area contributed by atoms with Gasteiger partial charge in [-0.3, -0.25) is 24.6 Å². The SMILES string of the molecule is CC(C)C1(O)CN(CC(=O)NC(=O)CN2CCCC2=O)C1. The van der Waals surface area contributed by atoms with Crippen molar-refractivity contribution < 1.29 is 19.5 Å². The summed E-state index contributed by atoms with van der Waals surface area (Å²) in [4.78, 5) is 38.1. The van der Waals surface area contributed by atoms with E-state index in [4.69, 9.17) is 0 Å². The summed E-state index contributed by atoms with van der Waals surface area (Å²) < 4.78 is 0. The molecule has 2 heterocycles. The zero-order valence-corrected chi connectivity index (χ0v) is 12.6. The molecule has 21 heavy (non-hydrogen) atoms. The largest absolute Gasteiger partial charge is 0.387 e. The Morgan fingerprint density at radius 2 is 1.90 bits per heavy atom. The average Bonchev–Trinajstić information content (AvgIpc) is 2.72. The van der Waals surface area contributed by atoms with Crippen molar-refractivity contribution in [2.75, 3.05) is 32.7 Å². The summed E-state index contributed by atoms with van der Waals surface area (Å²) >= 11 is 0. The predicted molar refractivity (Wildman–Crippen MR) is 75.2 cm³/mol. The molecule has 2 saturated heterocycles. The van der Waals surface area contributed by atoms with Crippen LogP contribution in [0.25, 0.3) is 0 Å². The van der Waals surface area contributed by atoms with Gasteiger partial charge < -0.3 is 10.0 Å². The second-order valence-corrected chi connectivity index (χ2v) is 6.29. The zero-order valence-electron chi connectivity index (χ0n) is 12.6. The van der Waals surface area contributed by atoms with E-state index in [-0.39, 0.29) is 24.9 Å². The van der Waals surface area contributed by atoms with E-state index in [1.165, 1.54) is 4.90 Å². The molecular weight excluding hydrogens is 274 g/mol. The number of aliphatic hydroxyl groups is 1. The van der Waals surface area contributed by atoms with Crippen molar-refractivity contribution in [3.8, 4) is 0 Å². The molecule has 118 valence electrons. The molecule has 2 aliphatic heterocycles. The number of imide groups is 1. The van der Waals surface area contributed by atoms with Crippen molar-refractivity contribution in [3.63, 3.8) is 0 Å². The van der Waals surface area contributed by atoms with Crippen LogP contribution in [0, 0.1) is 5.92 Å². The van der Waals surface area contributed by atoms with Crippen molar-refractivity contribution in [1.82, 2.24) is 15.1 Å². The van der Waals surface area contributed by atoms with Crippen LogP contribution < -0.4 is 5.32 Å². The van der Waals surface area contributed by atoms with Crippen LogP contribution in [0.2, 0.25) is 0 Å². The number of likely N-dealkylation sites (tertiary alicyclic amines) is 2. The Morgan fingerprint density at radius 1 is 1.29 bits per heavy atom. The minimum Gasteiger partial charge on any atom is -0.387 e. The van der Waals surface area contributed by atoms with E-state index in [1.54, 1.807) is 4.90 Å². The summed E-state index contributed by atoms with van der Waals surface area (Å²) in [5.74, 6) is -0.741. The molecule has 0 atom stereocenters. The van der Waals surface area contributed by atoms with Gasteiger partial charge in [0.2, 0.25) is 17.7 Å². The van der Waals surface area contributed by atoms with E-state index in [2.05, 4.69) is 5.32 Å². The van der Waals surface area contributed by atoms with Crippen LogP contribution in [-0.4, -0.2) is 71.0 Å². The topological polar surface area (TPSA) is 89.9 Å². The Labute approximate surface area is 124 Å². The third kappa shape index (κ3) is 3.79. The number of nitrogens with one attached hydrogen (secondary N) is 1. The van der Waals surface area contributed by atoms with Crippen LogP contribution in [0.5, 0.6) is 0 Å². The van der Waals surface area contributed by atoms with Crippen molar-refractivity contribution in [1.29, 1.82) is 0 Å². The minimum atomic E-state index is -0.730. The van der Waals surface area contributed by atoms with Gasteiger partial charge >= 0.3 is 0 Å². The number of amides is 3. The normalized spacial score (nSPS) is 21.5. The van der Waals surface area contributed by atoms with E-state index in [1.807, 2.05) is 13.8 Å². The molecule has 2 aliphatic rings. The number of carbonyl (C=O) groups is 3. The summed E-state index contributed by atoms with van der Waals surface area (Å²) in [6.07, 6.45) is 1.24. The van der Waals surface area contributed by atoms with Gasteiger partial charge in [-0.2, -0.15) is 0 Å². The van der Waals surface area contributed by atoms with Crippen molar-refractivity contribution >= 4 is 17.7 Å². The minimum absolute atomic E-state index is 0.0395. The van der Waals surface area contributed by atoms with E-state index >= 15 is 0 Å². The Kier molecular flexibility index (Phi) is 4.63. The number of carbonyl (C=O) groups excluding carboxylic acids is 3. The lowest BCUT2D eigenvalue weighted by atomic mass is 9.83. The lowest BCUT2D eigenvalue weighted by Crippen LogP contribution is -2.66. The molecular formula is C14H23N3O4. The highest BCUT2D eigenvalue weighted by molar-refractivity contribution is 5.98. The Hall–Kier alpha value is -1.47. The monoisotopic (exact) mass is 297 g/mol. The van der Waals surface area contributed by atoms with Gasteiger partial charge in [0.05, 0.1) is 18.7 Å². The van der Waals surface area contributed by atoms with Gasteiger partial charge in [0.1, 0.15) is 0 Å². The van der Waals surface area contributed by atoms with Crippen molar-refractivity contribution in [2.24, 2.45) is 5.92 Å². The molecule has 0 unspecified atom stereocenters. The van der Waals surface area contributed by atoms with Crippen LogP contribution in [0.15, 0.2) is 0 Å². The number of hydrogen-bond donors (Lipinski definition) is 2. The molecule has 7 nitrogen and oxygen atoms in total. The molecule has 0 saturated carbocycles. The molecule has 0 bridgehead atoms. The molecule has 2 N–H and O–H groups in total. The van der Waals surface area contributed by atoms with Crippen LogP contribution in [-0.2, 0) is 14.4 Å². The van der Waals surface area contributed by atoms with E-state index in [0.717, 1.165) is 6.42 Å². The first-order valence-corrected chi connectivity index (χ1v) is 7.35. The van der Waals surface area contributed by atoms with E-state index in [9.17, 15) is 19.5 Å². The van der Waals surface area contributed by atoms with Crippen LogP contribution >= 0.6 is 0 Å². The van der Waals surface area contributed by atoms with Crippen LogP contribution in [0.1, 0.15) is 26.7 Å². The second-order valence-electron chi connectivity index (χ2n) is 6.29.